The summed E-state index contributed by atoms with van der Waals surface area (Å²) in [6, 6.07) is 15.4. The molecule has 0 bridgehead atoms. The number of nitriles is 1. The third-order valence-electron chi connectivity index (χ3n) is 4.38. The Hall–Kier alpha value is -4.65. The molecule has 0 spiro atoms. The van der Waals surface area contributed by atoms with E-state index < -0.39 is 0 Å². The summed E-state index contributed by atoms with van der Waals surface area (Å²) in [6.45, 7) is 0. The van der Waals surface area contributed by atoms with E-state index in [1.165, 1.54) is 23.8 Å². The van der Waals surface area contributed by atoms with E-state index in [1.54, 1.807) is 30.3 Å². The van der Waals surface area contributed by atoms with E-state index in [0.29, 0.717) is 22.7 Å². The van der Waals surface area contributed by atoms with Crippen LogP contribution in [0.15, 0.2) is 58.8 Å². The number of azo groups is 1. The Labute approximate surface area is 170 Å². The van der Waals surface area contributed by atoms with E-state index in [4.69, 9.17) is 16.2 Å². The lowest BCUT2D eigenvalue weighted by molar-refractivity contribution is 0.416. The Morgan fingerprint density at radius 3 is 2.50 bits per heavy atom. The second-order valence-electron chi connectivity index (χ2n) is 6.22. The number of nitrogens with two attached hydrogens (primary N) is 2. The van der Waals surface area contributed by atoms with Crippen LogP contribution in [-0.2, 0) is 0 Å². The molecule has 0 aliphatic heterocycles. The number of phenolic OH excluding ortho intramolecular Hbond substituents is 1. The minimum Gasteiger partial charge on any atom is -0.508 e. The van der Waals surface area contributed by atoms with Crippen molar-refractivity contribution >= 4 is 28.7 Å². The zero-order valence-electron chi connectivity index (χ0n) is 15.8. The van der Waals surface area contributed by atoms with Crippen molar-refractivity contribution < 1.29 is 9.84 Å². The first kappa shape index (κ1) is 18.7. The highest BCUT2D eigenvalue weighted by atomic mass is 16.5. The Morgan fingerprint density at radius 2 is 1.80 bits per heavy atom. The van der Waals surface area contributed by atoms with Crippen LogP contribution in [0.25, 0.3) is 16.9 Å². The lowest BCUT2D eigenvalue weighted by atomic mass is 10.1. The van der Waals surface area contributed by atoms with Crippen molar-refractivity contribution in [2.75, 3.05) is 18.6 Å². The summed E-state index contributed by atoms with van der Waals surface area (Å²) in [4.78, 5) is 4.28. The van der Waals surface area contributed by atoms with Crippen molar-refractivity contribution in [2.45, 2.75) is 0 Å². The number of ether oxygens (including phenoxy) is 1. The fraction of sp³-hybridized carbons (Fsp3) is 0.0500. The highest BCUT2D eigenvalue weighted by Crippen LogP contribution is 2.38. The van der Waals surface area contributed by atoms with E-state index in [9.17, 15) is 10.4 Å². The number of aromatic nitrogens is 3. The number of methoxy groups -OCH3 is 1. The van der Waals surface area contributed by atoms with Gasteiger partial charge in [0, 0.05) is 5.56 Å². The summed E-state index contributed by atoms with van der Waals surface area (Å²) in [6.07, 6.45) is 0. The summed E-state index contributed by atoms with van der Waals surface area (Å²) < 4.78 is 6.84. The number of aromatic hydroxyl groups is 1. The van der Waals surface area contributed by atoms with Crippen LogP contribution >= 0.6 is 0 Å². The highest BCUT2D eigenvalue weighted by molar-refractivity contribution is 5.84. The molecule has 0 fully saturated rings. The van der Waals surface area contributed by atoms with Crippen LogP contribution in [-0.4, -0.2) is 26.8 Å². The van der Waals surface area contributed by atoms with E-state index in [0.717, 1.165) is 0 Å². The predicted molar refractivity (Wildman–Crippen MR) is 111 cm³/mol. The number of hydrogen-bond acceptors (Lipinski definition) is 9. The molecule has 0 atom stereocenters. The van der Waals surface area contributed by atoms with Crippen molar-refractivity contribution in [3.8, 4) is 28.8 Å². The number of para-hydroxylation sites is 1. The molecule has 0 amide bonds. The molecule has 2 heterocycles. The molecule has 10 heteroatoms. The molecule has 0 saturated heterocycles. The van der Waals surface area contributed by atoms with E-state index in [-0.39, 0.29) is 34.3 Å². The molecule has 10 nitrogen and oxygen atoms in total. The van der Waals surface area contributed by atoms with Crippen molar-refractivity contribution in [1.29, 1.82) is 5.26 Å². The molecular weight excluding hydrogens is 384 g/mol. The van der Waals surface area contributed by atoms with Crippen LogP contribution in [0, 0.1) is 11.3 Å². The lowest BCUT2D eigenvalue weighted by Gasteiger charge is -2.12. The Balaban J connectivity index is 1.96. The van der Waals surface area contributed by atoms with Gasteiger partial charge in [-0.2, -0.15) is 10.4 Å². The number of nitrogen functional groups attached to an aromatic ring is 2. The van der Waals surface area contributed by atoms with E-state index in [2.05, 4.69) is 26.4 Å². The average molecular weight is 400 g/mol. The van der Waals surface area contributed by atoms with Crippen molar-refractivity contribution in [1.82, 2.24) is 14.6 Å². The van der Waals surface area contributed by atoms with Crippen LogP contribution in [0.3, 0.4) is 0 Å². The SMILES string of the molecule is COc1ccccc1-c1c(C#N)c(N)nc2c(N=Nc3ccc(O)cc3)c(N)nn12. The molecule has 4 aromatic rings. The second kappa shape index (κ2) is 7.40. The molecule has 0 saturated carbocycles. The van der Waals surface area contributed by atoms with E-state index >= 15 is 0 Å². The van der Waals surface area contributed by atoms with Crippen molar-refractivity contribution in [2.24, 2.45) is 10.2 Å². The minimum atomic E-state index is 0.00638. The maximum absolute atomic E-state index is 9.69. The van der Waals surface area contributed by atoms with E-state index in [1.807, 2.05) is 6.07 Å². The van der Waals surface area contributed by atoms with Crippen LogP contribution in [0.4, 0.5) is 23.0 Å². The summed E-state index contributed by atoms with van der Waals surface area (Å²) >= 11 is 0. The first-order chi connectivity index (χ1) is 14.5. The quantitative estimate of drug-likeness (QED) is 0.441. The predicted octanol–water partition coefficient (Wildman–Crippen LogP) is 3.56. The van der Waals surface area contributed by atoms with Gasteiger partial charge in [-0.05, 0) is 36.4 Å². The molecule has 0 unspecified atom stereocenters. The van der Waals surface area contributed by atoms with Gasteiger partial charge in [-0.3, -0.25) is 0 Å². The smallest absolute Gasteiger partial charge is 0.187 e. The fourth-order valence-corrected chi connectivity index (χ4v) is 2.99. The van der Waals surface area contributed by atoms with Gasteiger partial charge in [0.25, 0.3) is 0 Å². The van der Waals surface area contributed by atoms with Gasteiger partial charge >= 0.3 is 0 Å². The summed E-state index contributed by atoms with van der Waals surface area (Å²) in [5.74, 6) is 0.717. The zero-order valence-corrected chi connectivity index (χ0v) is 15.8. The third kappa shape index (κ3) is 3.10. The number of benzene rings is 2. The monoisotopic (exact) mass is 400 g/mol. The van der Waals surface area contributed by atoms with Gasteiger partial charge in [-0.1, -0.05) is 12.1 Å². The van der Waals surface area contributed by atoms with Crippen LogP contribution in [0.5, 0.6) is 11.5 Å². The van der Waals surface area contributed by atoms with Gasteiger partial charge in [-0.15, -0.1) is 10.2 Å². The number of rotatable bonds is 4. The van der Waals surface area contributed by atoms with Crippen LogP contribution < -0.4 is 16.2 Å². The number of fused-ring (bicyclic) bond motifs is 1. The average Bonchev–Trinajstić information content (AvgIpc) is 3.06. The van der Waals surface area contributed by atoms with Gasteiger partial charge in [0.15, 0.2) is 17.2 Å². The third-order valence-corrected chi connectivity index (χ3v) is 4.38. The molecular formula is C20H16N8O2. The zero-order chi connectivity index (χ0) is 21.3. The summed E-state index contributed by atoms with van der Waals surface area (Å²) in [5, 5.41) is 31.7. The van der Waals surface area contributed by atoms with Gasteiger partial charge in [0.2, 0.25) is 0 Å². The maximum Gasteiger partial charge on any atom is 0.187 e. The molecule has 0 aliphatic carbocycles. The normalized spacial score (nSPS) is 11.1. The van der Waals surface area contributed by atoms with Crippen LogP contribution in [0.2, 0.25) is 0 Å². The molecule has 2 aromatic heterocycles. The highest BCUT2D eigenvalue weighted by Gasteiger charge is 2.23. The molecule has 2 aromatic carbocycles. The Bertz CT molecular complexity index is 1320. The fourth-order valence-electron chi connectivity index (χ4n) is 2.99. The standard InChI is InChI=1S/C20H16N8O2/c1-30-15-5-3-2-4-13(15)17-14(10-21)18(22)24-20-16(19(23)27-28(17)20)26-25-11-6-8-12(29)9-7-11/h2-9,29H,1H3,(H2,22,24)(H2,23,27). The first-order valence-corrected chi connectivity index (χ1v) is 8.75. The molecule has 148 valence electrons. The van der Waals surface area contributed by atoms with Crippen LogP contribution in [0.1, 0.15) is 5.56 Å². The number of hydrogen-bond donors (Lipinski definition) is 3. The summed E-state index contributed by atoms with van der Waals surface area (Å²) in [7, 11) is 1.53. The number of phenols is 1. The molecule has 5 N–H and O–H groups in total. The topological polar surface area (TPSA) is 160 Å². The molecule has 30 heavy (non-hydrogen) atoms. The summed E-state index contributed by atoms with van der Waals surface area (Å²) in [5.41, 5.74) is 14.2. The van der Waals surface area contributed by atoms with Gasteiger partial charge in [-0.25, -0.2) is 9.50 Å². The van der Waals surface area contributed by atoms with Crippen molar-refractivity contribution in [3.63, 3.8) is 0 Å². The van der Waals surface area contributed by atoms with Crippen molar-refractivity contribution in [3.05, 3.63) is 54.1 Å². The molecule has 0 radical (unpaired) electrons. The number of anilines is 2. The molecule has 4 rings (SSSR count). The van der Waals surface area contributed by atoms with Gasteiger partial charge < -0.3 is 21.3 Å². The van der Waals surface area contributed by atoms with Gasteiger partial charge in [0.1, 0.15) is 28.9 Å². The molecule has 0 aliphatic rings. The minimum absolute atomic E-state index is 0.00638. The van der Waals surface area contributed by atoms with Gasteiger partial charge in [0.05, 0.1) is 18.5 Å². The Kier molecular flexibility index (Phi) is 4.61. The first-order valence-electron chi connectivity index (χ1n) is 8.75. The number of nitrogens with zero attached hydrogens (tertiary/aromatic N) is 6. The maximum atomic E-state index is 9.69. The largest absolute Gasteiger partial charge is 0.508 e. The lowest BCUT2D eigenvalue weighted by Crippen LogP contribution is -2.06. The second-order valence-corrected chi connectivity index (χ2v) is 6.22. The Morgan fingerprint density at radius 1 is 1.07 bits per heavy atom.